The van der Waals surface area contributed by atoms with Gasteiger partial charge in [-0.25, -0.2) is 0 Å². The summed E-state index contributed by atoms with van der Waals surface area (Å²) in [6, 6.07) is 0. The van der Waals surface area contributed by atoms with Gasteiger partial charge in [-0.15, -0.1) is 0 Å². The van der Waals surface area contributed by atoms with Crippen LogP contribution in [-0.4, -0.2) is 70.0 Å². The summed E-state index contributed by atoms with van der Waals surface area (Å²) in [5.41, 5.74) is 0. The molecule has 10 heteroatoms. The molecule has 0 heterocycles. The minimum Gasteiger partial charge on any atom is -0.756 e. The summed E-state index contributed by atoms with van der Waals surface area (Å²) in [4.78, 5) is 38.0. The van der Waals surface area contributed by atoms with E-state index < -0.39 is 26.5 Å². The molecule has 80 heavy (non-hydrogen) atoms. The van der Waals surface area contributed by atoms with Crippen LogP contribution in [0.3, 0.4) is 0 Å². The van der Waals surface area contributed by atoms with Crippen molar-refractivity contribution in [2.75, 3.05) is 47.5 Å². The van der Waals surface area contributed by atoms with Crippen LogP contribution in [0.5, 0.6) is 0 Å². The minimum atomic E-state index is -4.64. The number of phosphoric ester groups is 1. The number of quaternary nitrogens is 1. The van der Waals surface area contributed by atoms with Gasteiger partial charge in [0.05, 0.1) is 27.7 Å². The number of carbonyl (C=O) groups excluding carboxylic acids is 2. The summed E-state index contributed by atoms with van der Waals surface area (Å²) in [6.07, 6.45) is 79.0. The predicted octanol–water partition coefficient (Wildman–Crippen LogP) is 21.4. The number of unbranched alkanes of at least 4 members (excludes halogenated alkanes) is 42. The lowest BCUT2D eigenvalue weighted by Crippen LogP contribution is -2.37. The third kappa shape index (κ3) is 65.1. The molecule has 0 aromatic heterocycles. The van der Waals surface area contributed by atoms with Crippen LogP contribution < -0.4 is 4.89 Å². The molecular formula is C70H132NO8P. The Morgan fingerprint density at radius 2 is 0.675 bits per heavy atom. The molecule has 470 valence electrons. The van der Waals surface area contributed by atoms with Crippen molar-refractivity contribution in [3.63, 3.8) is 0 Å². The molecule has 9 nitrogen and oxygen atoms in total. The number of esters is 2. The Kier molecular flexibility index (Phi) is 60.0. The molecule has 0 aromatic rings. The molecule has 0 aliphatic carbocycles. The molecule has 0 rings (SSSR count). The average Bonchev–Trinajstić information content (AvgIpc) is 3.42. The minimum absolute atomic E-state index is 0.0303. The van der Waals surface area contributed by atoms with E-state index in [0.717, 1.165) is 51.4 Å². The molecule has 0 saturated heterocycles. The maximum atomic E-state index is 12.9. The van der Waals surface area contributed by atoms with Gasteiger partial charge in [-0.3, -0.25) is 14.2 Å². The molecule has 0 aromatic carbocycles. The summed E-state index contributed by atoms with van der Waals surface area (Å²) in [6.45, 7) is 4.28. The van der Waals surface area contributed by atoms with E-state index in [2.05, 4.69) is 62.5 Å². The number of hydrogen-bond acceptors (Lipinski definition) is 8. The lowest BCUT2D eigenvalue weighted by atomic mass is 10.0. The number of phosphoric acid groups is 1. The summed E-state index contributed by atoms with van der Waals surface area (Å²) in [5, 5.41) is 0. The van der Waals surface area contributed by atoms with Crippen molar-refractivity contribution in [1.82, 2.24) is 0 Å². The van der Waals surface area contributed by atoms with Crippen molar-refractivity contribution in [3.05, 3.63) is 48.6 Å². The maximum Gasteiger partial charge on any atom is 0.306 e. The molecule has 2 unspecified atom stereocenters. The first kappa shape index (κ1) is 78.0. The zero-order valence-electron chi connectivity index (χ0n) is 53.5. The number of hydrogen-bond donors (Lipinski definition) is 0. The molecule has 0 amide bonds. The highest BCUT2D eigenvalue weighted by atomic mass is 31.2. The van der Waals surface area contributed by atoms with Crippen LogP contribution in [0.2, 0.25) is 0 Å². The first-order valence-electron chi connectivity index (χ1n) is 34.3. The zero-order chi connectivity index (χ0) is 58.4. The van der Waals surface area contributed by atoms with Crippen molar-refractivity contribution in [1.29, 1.82) is 0 Å². The third-order valence-electron chi connectivity index (χ3n) is 15.3. The lowest BCUT2D eigenvalue weighted by molar-refractivity contribution is -0.870. The smallest absolute Gasteiger partial charge is 0.306 e. The highest BCUT2D eigenvalue weighted by Gasteiger charge is 2.22. The van der Waals surface area contributed by atoms with Gasteiger partial charge in [0.25, 0.3) is 7.82 Å². The normalized spacial score (nSPS) is 13.4. The first-order chi connectivity index (χ1) is 39.0. The van der Waals surface area contributed by atoms with Gasteiger partial charge in [0.1, 0.15) is 19.8 Å². The van der Waals surface area contributed by atoms with Crippen LogP contribution in [0.15, 0.2) is 48.6 Å². The highest BCUT2D eigenvalue weighted by molar-refractivity contribution is 7.45. The Morgan fingerprint density at radius 3 is 1.01 bits per heavy atom. The second kappa shape index (κ2) is 61.5. The van der Waals surface area contributed by atoms with Crippen LogP contribution in [-0.2, 0) is 32.7 Å². The Hall–Kier alpha value is -2.03. The molecule has 0 saturated carbocycles. The van der Waals surface area contributed by atoms with Gasteiger partial charge in [0.15, 0.2) is 6.10 Å². The van der Waals surface area contributed by atoms with Crippen LogP contribution >= 0.6 is 7.82 Å². The molecule has 0 radical (unpaired) electrons. The topological polar surface area (TPSA) is 111 Å². The van der Waals surface area contributed by atoms with E-state index in [0.29, 0.717) is 17.4 Å². The Morgan fingerprint density at radius 1 is 0.388 bits per heavy atom. The van der Waals surface area contributed by atoms with Gasteiger partial charge >= 0.3 is 11.9 Å². The summed E-state index contributed by atoms with van der Waals surface area (Å²) in [5.74, 6) is -0.820. The Bertz CT molecular complexity index is 1490. The molecule has 0 spiro atoms. The fraction of sp³-hybridized carbons (Fsp3) is 0.857. The van der Waals surface area contributed by atoms with Gasteiger partial charge in [0, 0.05) is 12.8 Å². The Labute approximate surface area is 496 Å². The number of ether oxygens (including phenoxy) is 2. The van der Waals surface area contributed by atoms with Crippen molar-refractivity contribution >= 4 is 19.8 Å². The first-order valence-corrected chi connectivity index (χ1v) is 35.8. The lowest BCUT2D eigenvalue weighted by Gasteiger charge is -2.28. The summed E-state index contributed by atoms with van der Waals surface area (Å²) in [7, 11) is 1.18. The van der Waals surface area contributed by atoms with Gasteiger partial charge in [0.2, 0.25) is 0 Å². The largest absolute Gasteiger partial charge is 0.756 e. The van der Waals surface area contributed by atoms with E-state index >= 15 is 0 Å². The number of nitrogens with zero attached hydrogens (tertiary/aromatic N) is 1. The summed E-state index contributed by atoms with van der Waals surface area (Å²) >= 11 is 0. The van der Waals surface area contributed by atoms with E-state index in [-0.39, 0.29) is 32.0 Å². The molecule has 0 bridgehead atoms. The quantitative estimate of drug-likeness (QED) is 0.0195. The van der Waals surface area contributed by atoms with Gasteiger partial charge in [-0.05, 0) is 77.0 Å². The molecule has 2 atom stereocenters. The van der Waals surface area contributed by atoms with Gasteiger partial charge < -0.3 is 27.9 Å². The van der Waals surface area contributed by atoms with Crippen LogP contribution in [0.25, 0.3) is 0 Å². The SMILES string of the molecule is CCCCCCC/C=C\C/C=C\C/C=C\CCCCCCCCCCCCCCC(=O)OC(COC(=O)CCCCCCCCCCCCCCCCCCC/C=C\CCCCCCCCCC)COP(=O)([O-])OCC[N+](C)(C)C. The van der Waals surface area contributed by atoms with Crippen LogP contribution in [0, 0.1) is 0 Å². The van der Waals surface area contributed by atoms with E-state index in [9.17, 15) is 19.0 Å². The Balaban J connectivity index is 4.04. The van der Waals surface area contributed by atoms with Crippen molar-refractivity contribution in [2.24, 2.45) is 0 Å². The van der Waals surface area contributed by atoms with Gasteiger partial charge in [-0.1, -0.05) is 294 Å². The standard InChI is InChI=1S/C70H132NO8P/c1-6-8-10-12-14-16-18-20-22-24-26-28-30-32-34-35-37-38-40-42-44-46-48-50-52-54-56-58-60-62-69(72)76-66-68(67-78-80(74,75)77-65-64-71(3,4)5)79-70(73)63-61-59-57-55-53-51-49-47-45-43-41-39-36-33-31-29-27-25-23-21-19-17-15-13-11-9-7-2/h19,21,24-27,31,33,68H,6-18,20,22-23,28-30,32,34-67H2,1-5H3/b21-19-,26-24-,27-25-,33-31-. The summed E-state index contributed by atoms with van der Waals surface area (Å²) < 4.78 is 34.3. The highest BCUT2D eigenvalue weighted by Crippen LogP contribution is 2.38. The van der Waals surface area contributed by atoms with Crippen molar-refractivity contribution < 1.29 is 42.1 Å². The van der Waals surface area contributed by atoms with Crippen LogP contribution in [0.4, 0.5) is 0 Å². The van der Waals surface area contributed by atoms with Crippen LogP contribution in [0.1, 0.15) is 335 Å². The van der Waals surface area contributed by atoms with Crippen molar-refractivity contribution in [2.45, 2.75) is 341 Å². The number of likely N-dealkylation sites (N-methyl/N-ethyl adjacent to an activating group) is 1. The fourth-order valence-electron chi connectivity index (χ4n) is 10.0. The number of rotatable bonds is 64. The zero-order valence-corrected chi connectivity index (χ0v) is 54.4. The van der Waals surface area contributed by atoms with E-state index in [4.69, 9.17) is 18.5 Å². The maximum absolute atomic E-state index is 12.9. The molecule has 0 fully saturated rings. The monoisotopic (exact) mass is 1150 g/mol. The third-order valence-corrected chi connectivity index (χ3v) is 16.3. The molecule has 0 N–H and O–H groups in total. The van der Waals surface area contributed by atoms with E-state index in [1.807, 2.05) is 21.1 Å². The molecular weight excluding hydrogens is 1010 g/mol. The number of allylic oxidation sites excluding steroid dienone is 8. The molecule has 0 aliphatic rings. The average molecular weight is 1150 g/mol. The van der Waals surface area contributed by atoms with E-state index in [1.165, 1.54) is 250 Å². The predicted molar refractivity (Wildman–Crippen MR) is 342 cm³/mol. The fourth-order valence-corrected chi connectivity index (χ4v) is 10.7. The van der Waals surface area contributed by atoms with Crippen molar-refractivity contribution in [3.8, 4) is 0 Å². The van der Waals surface area contributed by atoms with E-state index in [1.54, 1.807) is 0 Å². The van der Waals surface area contributed by atoms with Gasteiger partial charge in [-0.2, -0.15) is 0 Å². The number of carbonyl (C=O) groups is 2. The second-order valence-corrected chi connectivity index (χ2v) is 25.9. The second-order valence-electron chi connectivity index (χ2n) is 24.5. The molecule has 0 aliphatic heterocycles.